The number of fused-ring (bicyclic) bond motifs is 10. The zero-order valence-corrected chi connectivity index (χ0v) is 28.5. The molecule has 0 amide bonds. The first kappa shape index (κ1) is 28.7. The summed E-state index contributed by atoms with van der Waals surface area (Å²) in [6.07, 6.45) is 4.37. The van der Waals surface area contributed by atoms with Crippen LogP contribution >= 0.6 is 0 Å². The SMILES string of the molecule is Cc1c(C)c(C)c2c(c1C)-c1c(C)c(C)c(C)c(C)c1C1(C=COc3cc4ccccc4cc31)c1c(C)c(C)c(C)c(C)c1-2. The van der Waals surface area contributed by atoms with Crippen molar-refractivity contribution in [1.82, 2.24) is 0 Å². The zero-order valence-electron chi connectivity index (χ0n) is 28.5. The second-order valence-electron chi connectivity index (χ2n) is 13.7. The highest BCUT2D eigenvalue weighted by Gasteiger charge is 2.48. The highest BCUT2D eigenvalue weighted by molar-refractivity contribution is 6.01. The minimum atomic E-state index is -0.539. The van der Waals surface area contributed by atoms with Gasteiger partial charge in [0, 0.05) is 5.56 Å². The Morgan fingerprint density at radius 3 is 1.27 bits per heavy atom. The van der Waals surface area contributed by atoms with Crippen LogP contribution in [0, 0.1) is 83.1 Å². The van der Waals surface area contributed by atoms with Crippen LogP contribution in [-0.2, 0) is 5.41 Å². The fraction of sp³-hybridized carbons (Fsp3) is 0.302. The molecule has 5 aromatic carbocycles. The summed E-state index contributed by atoms with van der Waals surface area (Å²) in [5, 5.41) is 2.44. The van der Waals surface area contributed by atoms with E-state index in [2.05, 4.69) is 126 Å². The Hall–Kier alpha value is -4.10. The number of allylic oxidation sites excluding steroid dienone is 1. The normalized spacial score (nSPS) is 14.2. The van der Waals surface area contributed by atoms with E-state index in [9.17, 15) is 0 Å². The monoisotopic (exact) mass is 576 g/mol. The number of ether oxygens (including phenoxy) is 1. The molecule has 222 valence electrons. The second-order valence-corrected chi connectivity index (χ2v) is 13.7. The van der Waals surface area contributed by atoms with Gasteiger partial charge in [0.05, 0.1) is 11.7 Å². The molecule has 1 aliphatic heterocycles. The molecule has 0 atom stereocenters. The van der Waals surface area contributed by atoms with Gasteiger partial charge in [-0.15, -0.1) is 0 Å². The van der Waals surface area contributed by atoms with Crippen molar-refractivity contribution in [3.63, 3.8) is 0 Å². The first-order valence-electron chi connectivity index (χ1n) is 16.0. The Kier molecular flexibility index (Phi) is 6.15. The van der Waals surface area contributed by atoms with Gasteiger partial charge in [-0.25, -0.2) is 0 Å². The molecule has 1 heteroatoms. The van der Waals surface area contributed by atoms with E-state index in [1.165, 1.54) is 116 Å². The van der Waals surface area contributed by atoms with Crippen molar-refractivity contribution in [3.05, 3.63) is 132 Å². The Labute approximate surface area is 263 Å². The average Bonchev–Trinajstić information content (AvgIpc) is 3.13. The van der Waals surface area contributed by atoms with Gasteiger partial charge >= 0.3 is 0 Å². The fourth-order valence-electron chi connectivity index (χ4n) is 8.66. The third kappa shape index (κ3) is 3.36. The minimum Gasteiger partial charge on any atom is -0.465 e. The molecule has 2 aliphatic rings. The molecule has 0 aromatic heterocycles. The highest BCUT2D eigenvalue weighted by Crippen LogP contribution is 2.61. The lowest BCUT2D eigenvalue weighted by atomic mass is 9.62. The van der Waals surface area contributed by atoms with Crippen molar-refractivity contribution in [2.24, 2.45) is 0 Å². The molecule has 1 aliphatic carbocycles. The van der Waals surface area contributed by atoms with Crippen molar-refractivity contribution >= 4 is 10.8 Å². The number of benzene rings is 5. The number of rotatable bonds is 0. The first-order valence-corrected chi connectivity index (χ1v) is 16.0. The van der Waals surface area contributed by atoms with Crippen LogP contribution in [0.1, 0.15) is 83.5 Å². The fourth-order valence-corrected chi connectivity index (χ4v) is 8.66. The van der Waals surface area contributed by atoms with Crippen LogP contribution in [0.2, 0.25) is 0 Å². The Morgan fingerprint density at radius 1 is 0.432 bits per heavy atom. The summed E-state index contributed by atoms with van der Waals surface area (Å²) in [5.74, 6) is 0.945. The molecule has 7 rings (SSSR count). The maximum atomic E-state index is 6.46. The van der Waals surface area contributed by atoms with Crippen molar-refractivity contribution < 1.29 is 4.74 Å². The maximum Gasteiger partial charge on any atom is 0.131 e. The zero-order chi connectivity index (χ0) is 31.6. The molecule has 0 unspecified atom stereocenters. The third-order valence-corrected chi connectivity index (χ3v) is 12.1. The van der Waals surface area contributed by atoms with Gasteiger partial charge in [0.15, 0.2) is 0 Å². The lowest BCUT2D eigenvalue weighted by Crippen LogP contribution is -2.33. The van der Waals surface area contributed by atoms with E-state index in [0.717, 1.165) is 5.75 Å². The summed E-state index contributed by atoms with van der Waals surface area (Å²) in [7, 11) is 0. The molecule has 0 N–H and O–H groups in total. The van der Waals surface area contributed by atoms with Gasteiger partial charge < -0.3 is 4.74 Å². The topological polar surface area (TPSA) is 9.23 Å². The van der Waals surface area contributed by atoms with Crippen LogP contribution in [0.15, 0.2) is 48.7 Å². The summed E-state index contributed by atoms with van der Waals surface area (Å²) in [6, 6.07) is 13.4. The third-order valence-electron chi connectivity index (χ3n) is 12.1. The van der Waals surface area contributed by atoms with Gasteiger partial charge in [-0.05, 0) is 212 Å². The van der Waals surface area contributed by atoms with Gasteiger partial charge in [-0.2, -0.15) is 0 Å². The number of hydrogen-bond donors (Lipinski definition) is 0. The molecule has 5 aromatic rings. The van der Waals surface area contributed by atoms with Crippen LogP contribution < -0.4 is 4.74 Å². The molecular formula is C43H44O. The molecule has 0 bridgehead atoms. The van der Waals surface area contributed by atoms with Gasteiger partial charge in [0.25, 0.3) is 0 Å². The average molecular weight is 577 g/mol. The van der Waals surface area contributed by atoms with E-state index in [-0.39, 0.29) is 0 Å². The number of hydrogen-bond acceptors (Lipinski definition) is 1. The van der Waals surface area contributed by atoms with Crippen LogP contribution in [0.4, 0.5) is 0 Å². The molecule has 1 spiro atoms. The summed E-state index contributed by atoms with van der Waals surface area (Å²) >= 11 is 0. The van der Waals surface area contributed by atoms with Gasteiger partial charge in [-0.3, -0.25) is 0 Å². The predicted octanol–water partition coefficient (Wildman–Crippen LogP) is 11.4. The minimum absolute atomic E-state index is 0.539. The molecule has 1 heterocycles. The molecule has 0 fully saturated rings. The lowest BCUT2D eigenvalue weighted by Gasteiger charge is -2.41. The Morgan fingerprint density at radius 2 is 0.818 bits per heavy atom. The summed E-state index contributed by atoms with van der Waals surface area (Å²) < 4.78 is 6.46. The smallest absolute Gasteiger partial charge is 0.131 e. The van der Waals surface area contributed by atoms with Crippen molar-refractivity contribution in [3.8, 4) is 28.0 Å². The Bertz CT molecular complexity index is 2050. The Balaban J connectivity index is 1.88. The molecule has 1 nitrogen and oxygen atoms in total. The molecule has 44 heavy (non-hydrogen) atoms. The lowest BCUT2D eigenvalue weighted by molar-refractivity contribution is 0.445. The van der Waals surface area contributed by atoms with Gasteiger partial charge in [0.1, 0.15) is 5.75 Å². The largest absolute Gasteiger partial charge is 0.465 e. The van der Waals surface area contributed by atoms with E-state index in [4.69, 9.17) is 4.74 Å². The standard InChI is InChI=1S/C43H44O/c1-21-22(2)28(8)38-37(27(21)7)39-29(9)23(3)25(5)31(11)41(39)43(42-32(12)26(6)24(4)30(10)40(38)42)17-18-44-36-20-34-16-14-13-15-33(34)19-35(36)43/h13-20H,1-12H3. The highest BCUT2D eigenvalue weighted by atomic mass is 16.5. The van der Waals surface area contributed by atoms with E-state index in [0.29, 0.717) is 0 Å². The molecule has 0 saturated heterocycles. The molecule has 0 radical (unpaired) electrons. The van der Waals surface area contributed by atoms with Crippen LogP contribution in [0.3, 0.4) is 0 Å². The quantitative estimate of drug-likeness (QED) is 0.178. The van der Waals surface area contributed by atoms with Crippen LogP contribution in [0.5, 0.6) is 5.75 Å². The molecule has 0 saturated carbocycles. The first-order chi connectivity index (χ1) is 20.8. The van der Waals surface area contributed by atoms with Crippen molar-refractivity contribution in [1.29, 1.82) is 0 Å². The van der Waals surface area contributed by atoms with E-state index >= 15 is 0 Å². The van der Waals surface area contributed by atoms with Crippen molar-refractivity contribution in [2.45, 2.75) is 88.5 Å². The van der Waals surface area contributed by atoms with E-state index in [1.807, 2.05) is 6.26 Å². The molecular weight excluding hydrogens is 532 g/mol. The van der Waals surface area contributed by atoms with Gasteiger partial charge in [-0.1, -0.05) is 24.3 Å². The summed E-state index contributed by atoms with van der Waals surface area (Å²) in [5.41, 5.74) is 25.8. The van der Waals surface area contributed by atoms with E-state index in [1.54, 1.807) is 0 Å². The van der Waals surface area contributed by atoms with Crippen LogP contribution in [0.25, 0.3) is 33.0 Å². The second kappa shape index (κ2) is 9.45. The summed E-state index contributed by atoms with van der Waals surface area (Å²) in [4.78, 5) is 0. The van der Waals surface area contributed by atoms with E-state index < -0.39 is 5.41 Å². The van der Waals surface area contributed by atoms with Crippen LogP contribution in [-0.4, -0.2) is 0 Å². The van der Waals surface area contributed by atoms with Gasteiger partial charge in [0.2, 0.25) is 0 Å². The summed E-state index contributed by atoms with van der Waals surface area (Å²) in [6.45, 7) is 28.1. The predicted molar refractivity (Wildman–Crippen MR) is 188 cm³/mol. The maximum absolute atomic E-state index is 6.46. The van der Waals surface area contributed by atoms with Crippen molar-refractivity contribution in [2.75, 3.05) is 0 Å².